The number of nitro benzene ring substituents is 2. The van der Waals surface area contributed by atoms with Crippen LogP contribution in [0.2, 0.25) is 0 Å². The van der Waals surface area contributed by atoms with Gasteiger partial charge in [0.1, 0.15) is 0 Å². The molecule has 0 saturated carbocycles. The Kier molecular flexibility index (Phi) is 5.03. The Morgan fingerprint density at radius 2 is 1.23 bits per heavy atom. The molecule has 3 rings (SSSR count). The normalized spacial score (nSPS) is 10.5. The van der Waals surface area contributed by atoms with Crippen molar-refractivity contribution in [1.82, 2.24) is 0 Å². The van der Waals surface area contributed by atoms with E-state index in [-0.39, 0.29) is 11.4 Å². The van der Waals surface area contributed by atoms with Gasteiger partial charge < -0.3 is 0 Å². The predicted molar refractivity (Wildman–Crippen MR) is 98.2 cm³/mol. The molecule has 0 spiro atoms. The summed E-state index contributed by atoms with van der Waals surface area (Å²) in [5.74, 6) is 0. The maximum atomic E-state index is 11.6. The largest absolute Gasteiger partial charge is 0.280 e. The highest BCUT2D eigenvalue weighted by atomic mass is 16.6. The molecule has 0 fully saturated rings. The fourth-order valence-electron chi connectivity index (χ4n) is 2.94. The lowest BCUT2D eigenvalue weighted by atomic mass is 9.93. The predicted octanol–water partition coefficient (Wildman–Crippen LogP) is 4.68. The van der Waals surface area contributed by atoms with E-state index in [1.807, 2.05) is 60.7 Å². The quantitative estimate of drug-likeness (QED) is 0.478. The van der Waals surface area contributed by atoms with Gasteiger partial charge in [0.05, 0.1) is 15.9 Å². The second kappa shape index (κ2) is 7.57. The Morgan fingerprint density at radius 3 is 1.73 bits per heavy atom. The van der Waals surface area contributed by atoms with Gasteiger partial charge in [0.25, 0.3) is 11.4 Å². The Bertz CT molecular complexity index is 941. The maximum Gasteiger partial charge on any atom is 0.280 e. The standard InChI is InChI=1S/C20H16N2O4/c23-21(24)18-13-17(11-15-7-3-1-4-8-15)19(20(14-18)22(25)26)12-16-9-5-2-6-10-16/h1-10,13-14H,11-12H2. The number of nitrogens with zero attached hydrogens (tertiary/aromatic N) is 2. The molecular weight excluding hydrogens is 332 g/mol. The number of rotatable bonds is 6. The highest BCUT2D eigenvalue weighted by molar-refractivity contribution is 5.56. The Balaban J connectivity index is 2.14. The molecule has 0 radical (unpaired) electrons. The molecule has 0 aromatic heterocycles. The van der Waals surface area contributed by atoms with E-state index in [1.165, 1.54) is 6.07 Å². The molecule has 26 heavy (non-hydrogen) atoms. The third-order valence-corrected chi connectivity index (χ3v) is 4.17. The topological polar surface area (TPSA) is 86.3 Å². The van der Waals surface area contributed by atoms with Gasteiger partial charge in [0, 0.05) is 18.1 Å². The summed E-state index contributed by atoms with van der Waals surface area (Å²) in [5.41, 5.74) is 2.49. The van der Waals surface area contributed by atoms with Crippen LogP contribution < -0.4 is 0 Å². The lowest BCUT2D eigenvalue weighted by Crippen LogP contribution is -2.05. The van der Waals surface area contributed by atoms with Gasteiger partial charge in [-0.15, -0.1) is 0 Å². The summed E-state index contributed by atoms with van der Waals surface area (Å²) in [4.78, 5) is 21.7. The lowest BCUT2D eigenvalue weighted by molar-refractivity contribution is -0.394. The molecule has 0 atom stereocenters. The average molecular weight is 348 g/mol. The summed E-state index contributed by atoms with van der Waals surface area (Å²) in [5, 5.41) is 22.8. The van der Waals surface area contributed by atoms with E-state index < -0.39 is 9.85 Å². The fourth-order valence-corrected chi connectivity index (χ4v) is 2.94. The van der Waals surface area contributed by atoms with Gasteiger partial charge in [-0.3, -0.25) is 20.2 Å². The molecule has 0 saturated heterocycles. The van der Waals surface area contributed by atoms with Crippen molar-refractivity contribution in [2.45, 2.75) is 12.8 Å². The van der Waals surface area contributed by atoms with Crippen LogP contribution in [0, 0.1) is 20.2 Å². The molecule has 0 unspecified atom stereocenters. The average Bonchev–Trinajstić information content (AvgIpc) is 2.64. The van der Waals surface area contributed by atoms with Gasteiger partial charge in [-0.2, -0.15) is 0 Å². The van der Waals surface area contributed by atoms with Crippen LogP contribution in [0.15, 0.2) is 72.8 Å². The van der Waals surface area contributed by atoms with E-state index in [4.69, 9.17) is 0 Å². The van der Waals surface area contributed by atoms with E-state index in [1.54, 1.807) is 0 Å². The summed E-state index contributed by atoms with van der Waals surface area (Å²) < 4.78 is 0. The van der Waals surface area contributed by atoms with Crippen molar-refractivity contribution in [1.29, 1.82) is 0 Å². The second-order valence-electron chi connectivity index (χ2n) is 5.94. The summed E-state index contributed by atoms with van der Waals surface area (Å²) in [7, 11) is 0. The molecule has 6 heteroatoms. The van der Waals surface area contributed by atoms with E-state index >= 15 is 0 Å². The zero-order valence-corrected chi connectivity index (χ0v) is 13.9. The van der Waals surface area contributed by atoms with E-state index in [0.29, 0.717) is 24.0 Å². The highest BCUT2D eigenvalue weighted by Crippen LogP contribution is 2.32. The molecule has 0 aliphatic rings. The van der Waals surface area contributed by atoms with Crippen molar-refractivity contribution in [3.63, 3.8) is 0 Å². The van der Waals surface area contributed by atoms with Crippen LogP contribution >= 0.6 is 0 Å². The Labute approximate surface area is 150 Å². The van der Waals surface area contributed by atoms with Crippen molar-refractivity contribution in [2.75, 3.05) is 0 Å². The van der Waals surface area contributed by atoms with Crippen molar-refractivity contribution < 1.29 is 9.85 Å². The molecule has 0 heterocycles. The molecule has 3 aromatic rings. The van der Waals surface area contributed by atoms with Gasteiger partial charge in [-0.25, -0.2) is 0 Å². The van der Waals surface area contributed by atoms with Gasteiger partial charge in [0.2, 0.25) is 0 Å². The summed E-state index contributed by atoms with van der Waals surface area (Å²) in [6.45, 7) is 0. The van der Waals surface area contributed by atoms with Crippen molar-refractivity contribution in [3.05, 3.63) is 115 Å². The maximum absolute atomic E-state index is 11.6. The smallest absolute Gasteiger partial charge is 0.258 e. The van der Waals surface area contributed by atoms with E-state index in [0.717, 1.165) is 17.2 Å². The van der Waals surface area contributed by atoms with Gasteiger partial charge in [-0.1, -0.05) is 60.7 Å². The molecule has 0 N–H and O–H groups in total. The van der Waals surface area contributed by atoms with Crippen LogP contribution in [0.4, 0.5) is 11.4 Å². The van der Waals surface area contributed by atoms with Crippen LogP contribution in [0.25, 0.3) is 0 Å². The zero-order chi connectivity index (χ0) is 18.5. The number of hydrogen-bond donors (Lipinski definition) is 0. The highest BCUT2D eigenvalue weighted by Gasteiger charge is 2.24. The minimum absolute atomic E-state index is 0.214. The van der Waals surface area contributed by atoms with Gasteiger partial charge in [-0.05, 0) is 23.1 Å². The molecule has 3 aromatic carbocycles. The molecule has 0 aliphatic carbocycles. The SMILES string of the molecule is O=[N+]([O-])c1cc(Cc2ccccc2)c(Cc2ccccc2)c([N+](=O)[O-])c1. The summed E-state index contributed by atoms with van der Waals surface area (Å²) in [6.07, 6.45) is 0.739. The fraction of sp³-hybridized carbons (Fsp3) is 0.100. The second-order valence-corrected chi connectivity index (χ2v) is 5.94. The first-order valence-electron chi connectivity index (χ1n) is 8.07. The number of non-ortho nitro benzene ring substituents is 1. The molecule has 0 aliphatic heterocycles. The minimum Gasteiger partial charge on any atom is -0.258 e. The first-order valence-corrected chi connectivity index (χ1v) is 8.07. The van der Waals surface area contributed by atoms with E-state index in [9.17, 15) is 20.2 Å². The van der Waals surface area contributed by atoms with Crippen molar-refractivity contribution in [2.24, 2.45) is 0 Å². The number of hydrogen-bond acceptors (Lipinski definition) is 4. The van der Waals surface area contributed by atoms with Crippen LogP contribution in [0.1, 0.15) is 22.3 Å². The van der Waals surface area contributed by atoms with Crippen LogP contribution in [-0.2, 0) is 12.8 Å². The van der Waals surface area contributed by atoms with Gasteiger partial charge >= 0.3 is 0 Å². The number of benzene rings is 3. The van der Waals surface area contributed by atoms with Crippen molar-refractivity contribution in [3.8, 4) is 0 Å². The third-order valence-electron chi connectivity index (χ3n) is 4.17. The molecule has 0 amide bonds. The van der Waals surface area contributed by atoms with Gasteiger partial charge in [0.15, 0.2) is 0 Å². The Morgan fingerprint density at radius 1 is 0.692 bits per heavy atom. The lowest BCUT2D eigenvalue weighted by Gasteiger charge is -2.11. The third kappa shape index (κ3) is 3.92. The first kappa shape index (κ1) is 17.3. The first-order chi connectivity index (χ1) is 12.5. The van der Waals surface area contributed by atoms with Crippen LogP contribution in [0.5, 0.6) is 0 Å². The monoisotopic (exact) mass is 348 g/mol. The molecular formula is C20H16N2O4. The van der Waals surface area contributed by atoms with Crippen LogP contribution in [0.3, 0.4) is 0 Å². The molecule has 0 bridgehead atoms. The summed E-state index contributed by atoms with van der Waals surface area (Å²) in [6, 6.07) is 21.3. The minimum atomic E-state index is -0.589. The number of nitro groups is 2. The zero-order valence-electron chi connectivity index (χ0n) is 13.9. The summed E-state index contributed by atoms with van der Waals surface area (Å²) >= 11 is 0. The Hall–Kier alpha value is -3.54. The van der Waals surface area contributed by atoms with Crippen molar-refractivity contribution >= 4 is 11.4 Å². The molecule has 6 nitrogen and oxygen atoms in total. The molecule has 130 valence electrons. The van der Waals surface area contributed by atoms with E-state index in [2.05, 4.69) is 0 Å². The van der Waals surface area contributed by atoms with Crippen LogP contribution in [-0.4, -0.2) is 9.85 Å².